The molecule has 0 bridgehead atoms. The number of carbonyl (C=O) groups excluding carboxylic acids is 1. The molecule has 0 aromatic heterocycles. The Bertz CT molecular complexity index is 266. The van der Waals surface area contributed by atoms with Crippen LogP contribution in [0.5, 0.6) is 0 Å². The van der Waals surface area contributed by atoms with Crippen LogP contribution in [-0.2, 0) is 9.53 Å². The van der Waals surface area contributed by atoms with Gasteiger partial charge < -0.3 is 4.74 Å². The Hall–Kier alpha value is -0.570. The number of hydrogen-bond acceptors (Lipinski definition) is 3. The molecule has 0 radical (unpaired) electrons. The summed E-state index contributed by atoms with van der Waals surface area (Å²) < 4.78 is 5.37. The van der Waals surface area contributed by atoms with E-state index in [1.165, 1.54) is 32.1 Å². The third-order valence-electron chi connectivity index (χ3n) is 3.58. The lowest BCUT2D eigenvalue weighted by atomic mass is 9.71. The fourth-order valence-electron chi connectivity index (χ4n) is 2.83. The lowest BCUT2D eigenvalue weighted by Crippen LogP contribution is -2.67. The van der Waals surface area contributed by atoms with E-state index in [1.807, 2.05) is 20.8 Å². The van der Waals surface area contributed by atoms with Gasteiger partial charge in [0.05, 0.1) is 0 Å². The second-order valence-corrected chi connectivity index (χ2v) is 6.28. The second-order valence-electron chi connectivity index (χ2n) is 6.28. The molecule has 0 amide bonds. The molecule has 16 heavy (non-hydrogen) atoms. The summed E-state index contributed by atoms with van der Waals surface area (Å²) in [5, 5.41) is 3.44. The van der Waals surface area contributed by atoms with Crippen LogP contribution in [0.1, 0.15) is 59.3 Å². The molecule has 0 aromatic carbocycles. The summed E-state index contributed by atoms with van der Waals surface area (Å²) in [5.41, 5.74) is -0.0894. The molecule has 0 aromatic rings. The predicted octanol–water partition coefficient (Wildman–Crippen LogP) is 2.39. The first kappa shape index (κ1) is 11.9. The fourth-order valence-corrected chi connectivity index (χ4v) is 2.83. The van der Waals surface area contributed by atoms with E-state index in [1.54, 1.807) is 0 Å². The van der Waals surface area contributed by atoms with Gasteiger partial charge in [-0.15, -0.1) is 0 Å². The van der Waals surface area contributed by atoms with Crippen molar-refractivity contribution in [1.29, 1.82) is 0 Å². The van der Waals surface area contributed by atoms with E-state index in [4.69, 9.17) is 4.74 Å². The lowest BCUT2D eigenvalue weighted by molar-refractivity contribution is -0.163. The van der Waals surface area contributed by atoms with E-state index in [0.717, 1.165) is 6.42 Å². The van der Waals surface area contributed by atoms with Gasteiger partial charge in [0, 0.05) is 5.54 Å². The Kier molecular flexibility index (Phi) is 2.99. The summed E-state index contributed by atoms with van der Waals surface area (Å²) in [4.78, 5) is 11.8. The van der Waals surface area contributed by atoms with Gasteiger partial charge in [0.1, 0.15) is 11.6 Å². The summed E-state index contributed by atoms with van der Waals surface area (Å²) in [6, 6.07) is -0.0580. The molecule has 92 valence electrons. The van der Waals surface area contributed by atoms with Crippen LogP contribution < -0.4 is 5.32 Å². The predicted molar refractivity (Wildman–Crippen MR) is 63.2 cm³/mol. The van der Waals surface area contributed by atoms with Crippen molar-refractivity contribution < 1.29 is 9.53 Å². The molecule has 3 nitrogen and oxygen atoms in total. The summed E-state index contributed by atoms with van der Waals surface area (Å²) in [6.45, 7) is 5.75. The molecule has 1 atom stereocenters. The summed E-state index contributed by atoms with van der Waals surface area (Å²) in [6.07, 6.45) is 7.38. The van der Waals surface area contributed by atoms with Gasteiger partial charge in [-0.25, -0.2) is 0 Å². The van der Waals surface area contributed by atoms with Crippen LogP contribution in [0.15, 0.2) is 0 Å². The maximum atomic E-state index is 11.8. The van der Waals surface area contributed by atoms with Gasteiger partial charge in [0.25, 0.3) is 0 Å². The van der Waals surface area contributed by atoms with E-state index in [0.29, 0.717) is 0 Å². The molecule has 1 N–H and O–H groups in total. The molecule has 3 heteroatoms. The van der Waals surface area contributed by atoms with Crippen molar-refractivity contribution in [1.82, 2.24) is 5.32 Å². The van der Waals surface area contributed by atoms with Crippen molar-refractivity contribution in [2.45, 2.75) is 76.5 Å². The summed E-state index contributed by atoms with van der Waals surface area (Å²) in [7, 11) is 0. The van der Waals surface area contributed by atoms with Crippen molar-refractivity contribution in [2.24, 2.45) is 0 Å². The van der Waals surface area contributed by atoms with Crippen molar-refractivity contribution in [3.63, 3.8) is 0 Å². The molecule has 1 unspecified atom stereocenters. The molecular formula is C13H23NO2. The molecule has 1 saturated carbocycles. The lowest BCUT2D eigenvalue weighted by Gasteiger charge is -2.50. The topological polar surface area (TPSA) is 38.3 Å². The number of rotatable bonds is 1. The molecule has 2 rings (SSSR count). The first-order valence-corrected chi connectivity index (χ1v) is 6.41. The zero-order valence-electron chi connectivity index (χ0n) is 10.6. The highest BCUT2D eigenvalue weighted by molar-refractivity contribution is 5.77. The van der Waals surface area contributed by atoms with Gasteiger partial charge in [0.15, 0.2) is 0 Å². The van der Waals surface area contributed by atoms with Gasteiger partial charge in [-0.1, -0.05) is 19.3 Å². The average Bonchev–Trinajstić information content (AvgIpc) is 2.12. The highest BCUT2D eigenvalue weighted by Gasteiger charge is 2.47. The first-order chi connectivity index (χ1) is 7.40. The minimum absolute atomic E-state index is 0.0580. The van der Waals surface area contributed by atoms with Crippen LogP contribution in [0.25, 0.3) is 0 Å². The molecule has 1 aliphatic carbocycles. The van der Waals surface area contributed by atoms with Gasteiger partial charge in [-0.3, -0.25) is 10.1 Å². The van der Waals surface area contributed by atoms with E-state index < -0.39 is 0 Å². The minimum Gasteiger partial charge on any atom is -0.459 e. The average molecular weight is 225 g/mol. The fraction of sp³-hybridized carbons (Fsp3) is 0.923. The van der Waals surface area contributed by atoms with E-state index >= 15 is 0 Å². The van der Waals surface area contributed by atoms with Gasteiger partial charge >= 0.3 is 5.97 Å². The van der Waals surface area contributed by atoms with Gasteiger partial charge in [0.2, 0.25) is 0 Å². The Morgan fingerprint density at radius 3 is 2.31 bits per heavy atom. The Morgan fingerprint density at radius 1 is 1.25 bits per heavy atom. The SMILES string of the molecule is CC(C)(C)OC(=O)C1CC2(CCCCC2)N1. The van der Waals surface area contributed by atoms with Crippen LogP contribution in [-0.4, -0.2) is 23.2 Å². The second kappa shape index (κ2) is 4.02. The molecule has 1 heterocycles. The third-order valence-corrected chi connectivity index (χ3v) is 3.58. The van der Waals surface area contributed by atoms with Crippen LogP contribution in [0.4, 0.5) is 0 Å². The van der Waals surface area contributed by atoms with Gasteiger partial charge in [-0.05, 0) is 40.0 Å². The van der Waals surface area contributed by atoms with Gasteiger partial charge in [-0.2, -0.15) is 0 Å². The van der Waals surface area contributed by atoms with Crippen LogP contribution in [0, 0.1) is 0 Å². The monoisotopic (exact) mass is 225 g/mol. The van der Waals surface area contributed by atoms with Crippen LogP contribution in [0.2, 0.25) is 0 Å². The maximum absolute atomic E-state index is 11.8. The third kappa shape index (κ3) is 2.57. The molecular weight excluding hydrogens is 202 g/mol. The standard InChI is InChI=1S/C13H23NO2/c1-12(2,3)16-11(15)10-9-13(14-10)7-5-4-6-8-13/h10,14H,4-9H2,1-3H3. The Labute approximate surface area is 97.9 Å². The zero-order valence-corrected chi connectivity index (χ0v) is 10.6. The first-order valence-electron chi connectivity index (χ1n) is 6.41. The normalized spacial score (nSPS) is 28.6. The number of hydrogen-bond donors (Lipinski definition) is 1. The van der Waals surface area contributed by atoms with Crippen LogP contribution in [0.3, 0.4) is 0 Å². The maximum Gasteiger partial charge on any atom is 0.323 e. The number of esters is 1. The largest absolute Gasteiger partial charge is 0.459 e. The minimum atomic E-state index is -0.367. The van der Waals surface area contributed by atoms with E-state index in [9.17, 15) is 4.79 Å². The molecule has 1 aliphatic heterocycles. The molecule has 1 spiro atoms. The summed E-state index contributed by atoms with van der Waals surface area (Å²) in [5.74, 6) is -0.0799. The molecule has 2 aliphatic rings. The number of carbonyl (C=O) groups is 1. The zero-order chi connectivity index (χ0) is 11.8. The Balaban J connectivity index is 1.81. The van der Waals surface area contributed by atoms with Crippen molar-refractivity contribution in [3.8, 4) is 0 Å². The van der Waals surface area contributed by atoms with Crippen molar-refractivity contribution >= 4 is 5.97 Å². The molecule has 2 fully saturated rings. The van der Waals surface area contributed by atoms with E-state index in [2.05, 4.69) is 5.32 Å². The molecule has 1 saturated heterocycles. The summed E-state index contributed by atoms with van der Waals surface area (Å²) >= 11 is 0. The number of ether oxygens (including phenoxy) is 1. The van der Waals surface area contributed by atoms with Crippen LogP contribution >= 0.6 is 0 Å². The van der Waals surface area contributed by atoms with Crippen molar-refractivity contribution in [3.05, 3.63) is 0 Å². The Morgan fingerprint density at radius 2 is 1.81 bits per heavy atom. The number of nitrogens with one attached hydrogen (secondary N) is 1. The van der Waals surface area contributed by atoms with Crippen molar-refractivity contribution in [2.75, 3.05) is 0 Å². The van der Waals surface area contributed by atoms with E-state index in [-0.39, 0.29) is 23.2 Å². The highest BCUT2D eigenvalue weighted by atomic mass is 16.6. The highest BCUT2D eigenvalue weighted by Crippen LogP contribution is 2.39. The quantitative estimate of drug-likeness (QED) is 0.696. The smallest absolute Gasteiger partial charge is 0.323 e.